The number of hydrazone groups is 1. The Morgan fingerprint density at radius 2 is 2.00 bits per heavy atom. The van der Waals surface area contributed by atoms with E-state index in [9.17, 15) is 9.90 Å². The third kappa shape index (κ3) is 4.73. The van der Waals surface area contributed by atoms with Gasteiger partial charge in [-0.25, -0.2) is 5.43 Å². The number of phenols is 1. The molecule has 126 valence electrons. The van der Waals surface area contributed by atoms with Gasteiger partial charge in [0.25, 0.3) is 5.91 Å². The Balaban J connectivity index is 1.94. The molecule has 0 spiro atoms. The van der Waals surface area contributed by atoms with Crippen LogP contribution in [0.3, 0.4) is 0 Å². The van der Waals surface area contributed by atoms with Crippen LogP contribution in [0.2, 0.25) is 0 Å². The minimum atomic E-state index is -0.422. The van der Waals surface area contributed by atoms with E-state index in [2.05, 4.69) is 26.5 Å². The van der Waals surface area contributed by atoms with E-state index in [4.69, 9.17) is 9.47 Å². The minimum absolute atomic E-state index is 0.101. The molecule has 1 amide bonds. The van der Waals surface area contributed by atoms with Crippen molar-refractivity contribution in [3.63, 3.8) is 0 Å². The van der Waals surface area contributed by atoms with Crippen molar-refractivity contribution < 1.29 is 19.4 Å². The Bertz CT molecular complexity index is 762. The summed E-state index contributed by atoms with van der Waals surface area (Å²) in [5, 5.41) is 13.7. The fourth-order valence-electron chi connectivity index (χ4n) is 1.92. The van der Waals surface area contributed by atoms with Gasteiger partial charge < -0.3 is 14.6 Å². The molecule has 6 nitrogen and oxygen atoms in total. The van der Waals surface area contributed by atoms with E-state index >= 15 is 0 Å². The molecule has 24 heavy (non-hydrogen) atoms. The number of benzene rings is 2. The van der Waals surface area contributed by atoms with E-state index in [1.54, 1.807) is 49.4 Å². The lowest BCUT2D eigenvalue weighted by Gasteiger charge is -2.10. The van der Waals surface area contributed by atoms with Crippen molar-refractivity contribution in [3.05, 3.63) is 52.5 Å². The highest BCUT2D eigenvalue weighted by Gasteiger charge is 2.09. The number of hydrogen-bond acceptors (Lipinski definition) is 5. The van der Waals surface area contributed by atoms with Crippen LogP contribution in [0.4, 0.5) is 0 Å². The minimum Gasteiger partial charge on any atom is -0.507 e. The first kappa shape index (κ1) is 17.8. The van der Waals surface area contributed by atoms with E-state index in [1.165, 1.54) is 7.11 Å². The first-order valence-corrected chi connectivity index (χ1v) is 7.88. The molecule has 2 aromatic rings. The normalized spacial score (nSPS) is 11.0. The molecule has 0 heterocycles. The number of carbonyl (C=O) groups excluding carboxylic acids is 1. The highest BCUT2D eigenvalue weighted by molar-refractivity contribution is 9.10. The lowest BCUT2D eigenvalue weighted by molar-refractivity contribution is -0.123. The van der Waals surface area contributed by atoms with Crippen molar-refractivity contribution in [3.8, 4) is 17.2 Å². The van der Waals surface area contributed by atoms with Gasteiger partial charge in [-0.05, 0) is 37.3 Å². The number of ether oxygens (including phenoxy) is 2. The van der Waals surface area contributed by atoms with Crippen LogP contribution in [-0.2, 0) is 4.79 Å². The standard InChI is InChI=1S/C17H17BrN2O4/c1-11(13-5-3-4-6-14(13)21)19-20-17(22)10-24-15-8-7-12(18)9-16(15)23-2/h3-9,21H,10H2,1-2H3,(H,20,22)/b19-11+. The van der Waals surface area contributed by atoms with Gasteiger partial charge in [0.05, 0.1) is 12.8 Å². The van der Waals surface area contributed by atoms with Crippen LogP contribution in [0.15, 0.2) is 52.0 Å². The number of amides is 1. The fraction of sp³-hybridized carbons (Fsp3) is 0.176. The van der Waals surface area contributed by atoms with E-state index in [0.717, 1.165) is 4.47 Å². The maximum absolute atomic E-state index is 11.8. The summed E-state index contributed by atoms with van der Waals surface area (Å²) in [5.41, 5.74) is 3.43. The second kappa shape index (κ2) is 8.35. The van der Waals surface area contributed by atoms with Gasteiger partial charge >= 0.3 is 0 Å². The summed E-state index contributed by atoms with van der Waals surface area (Å²) in [5.74, 6) is 0.655. The van der Waals surface area contributed by atoms with Crippen LogP contribution in [0, 0.1) is 0 Å². The van der Waals surface area contributed by atoms with Crippen molar-refractivity contribution in [2.45, 2.75) is 6.92 Å². The number of hydrogen-bond donors (Lipinski definition) is 2. The van der Waals surface area contributed by atoms with Gasteiger partial charge in [-0.1, -0.05) is 28.1 Å². The quantitative estimate of drug-likeness (QED) is 0.584. The molecule has 2 rings (SSSR count). The molecule has 7 heteroatoms. The first-order valence-electron chi connectivity index (χ1n) is 7.09. The van der Waals surface area contributed by atoms with Gasteiger partial charge in [0.1, 0.15) is 5.75 Å². The number of halogens is 1. The Labute approximate surface area is 148 Å². The monoisotopic (exact) mass is 392 g/mol. The van der Waals surface area contributed by atoms with Crippen LogP contribution in [0.5, 0.6) is 17.2 Å². The van der Waals surface area contributed by atoms with Crippen molar-refractivity contribution in [1.82, 2.24) is 5.43 Å². The molecule has 0 aliphatic heterocycles. The van der Waals surface area contributed by atoms with Crippen molar-refractivity contribution in [1.29, 1.82) is 0 Å². The molecule has 0 radical (unpaired) electrons. The molecule has 2 N–H and O–H groups in total. The molecule has 0 atom stereocenters. The number of phenolic OH excluding ortho intramolecular Hbond substituents is 1. The van der Waals surface area contributed by atoms with Crippen LogP contribution in [-0.4, -0.2) is 30.4 Å². The molecule has 0 saturated heterocycles. The zero-order valence-corrected chi connectivity index (χ0v) is 14.8. The van der Waals surface area contributed by atoms with E-state index < -0.39 is 5.91 Å². The number of para-hydroxylation sites is 1. The molecule has 0 saturated carbocycles. The fourth-order valence-corrected chi connectivity index (χ4v) is 2.26. The summed E-state index contributed by atoms with van der Waals surface area (Å²) in [6.07, 6.45) is 0. The molecule has 0 fully saturated rings. The topological polar surface area (TPSA) is 80.2 Å². The predicted molar refractivity (Wildman–Crippen MR) is 94.6 cm³/mol. The molecular formula is C17H17BrN2O4. The summed E-state index contributed by atoms with van der Waals surface area (Å²) in [4.78, 5) is 11.8. The largest absolute Gasteiger partial charge is 0.507 e. The maximum atomic E-state index is 11.8. The number of carbonyl (C=O) groups is 1. The Morgan fingerprint density at radius 3 is 2.71 bits per heavy atom. The number of nitrogens with zero attached hydrogens (tertiary/aromatic N) is 1. The highest BCUT2D eigenvalue weighted by Crippen LogP contribution is 2.30. The van der Waals surface area contributed by atoms with E-state index in [-0.39, 0.29) is 12.4 Å². The zero-order chi connectivity index (χ0) is 17.5. The van der Waals surface area contributed by atoms with Gasteiger partial charge in [-0.15, -0.1) is 0 Å². The molecule has 0 bridgehead atoms. The Kier molecular flexibility index (Phi) is 6.20. The zero-order valence-electron chi connectivity index (χ0n) is 13.2. The van der Waals surface area contributed by atoms with Crippen LogP contribution in [0.1, 0.15) is 12.5 Å². The maximum Gasteiger partial charge on any atom is 0.277 e. The van der Waals surface area contributed by atoms with E-state index in [1.807, 2.05) is 0 Å². The molecule has 0 aliphatic carbocycles. The third-order valence-electron chi connectivity index (χ3n) is 3.13. The predicted octanol–water partition coefficient (Wildman–Crippen LogP) is 3.08. The number of rotatable bonds is 6. The Hall–Kier alpha value is -2.54. The second-order valence-corrected chi connectivity index (χ2v) is 5.75. The van der Waals surface area contributed by atoms with Crippen LogP contribution in [0.25, 0.3) is 0 Å². The number of methoxy groups -OCH3 is 1. The van der Waals surface area contributed by atoms with Crippen LogP contribution < -0.4 is 14.9 Å². The lowest BCUT2D eigenvalue weighted by atomic mass is 10.1. The lowest BCUT2D eigenvalue weighted by Crippen LogP contribution is -2.25. The van der Waals surface area contributed by atoms with Gasteiger partial charge in [0.2, 0.25) is 0 Å². The molecule has 0 aromatic heterocycles. The van der Waals surface area contributed by atoms with Crippen molar-refractivity contribution in [2.75, 3.05) is 13.7 Å². The van der Waals surface area contributed by atoms with E-state index in [0.29, 0.717) is 22.8 Å². The van der Waals surface area contributed by atoms with Gasteiger partial charge in [0.15, 0.2) is 18.1 Å². The Morgan fingerprint density at radius 1 is 1.25 bits per heavy atom. The summed E-state index contributed by atoms with van der Waals surface area (Å²) in [6, 6.07) is 12.0. The highest BCUT2D eigenvalue weighted by atomic mass is 79.9. The summed E-state index contributed by atoms with van der Waals surface area (Å²) < 4.78 is 11.5. The second-order valence-electron chi connectivity index (χ2n) is 4.83. The molecule has 2 aromatic carbocycles. The van der Waals surface area contributed by atoms with Gasteiger partial charge in [-0.3, -0.25) is 4.79 Å². The van der Waals surface area contributed by atoms with Gasteiger partial charge in [-0.2, -0.15) is 5.10 Å². The number of nitrogens with one attached hydrogen (secondary N) is 1. The molecule has 0 aliphatic rings. The van der Waals surface area contributed by atoms with Crippen LogP contribution >= 0.6 is 15.9 Å². The van der Waals surface area contributed by atoms with Gasteiger partial charge in [0, 0.05) is 10.0 Å². The number of aromatic hydroxyl groups is 1. The molecular weight excluding hydrogens is 376 g/mol. The average Bonchev–Trinajstić information content (AvgIpc) is 2.58. The SMILES string of the molecule is COc1cc(Br)ccc1OCC(=O)N/N=C(\C)c1ccccc1O. The average molecular weight is 393 g/mol. The third-order valence-corrected chi connectivity index (χ3v) is 3.62. The first-order chi connectivity index (χ1) is 11.5. The molecule has 0 unspecified atom stereocenters. The summed E-state index contributed by atoms with van der Waals surface area (Å²) in [7, 11) is 1.52. The summed E-state index contributed by atoms with van der Waals surface area (Å²) >= 11 is 3.33. The van der Waals surface area contributed by atoms with Crippen molar-refractivity contribution in [2.24, 2.45) is 5.10 Å². The summed E-state index contributed by atoms with van der Waals surface area (Å²) in [6.45, 7) is 1.48. The van der Waals surface area contributed by atoms with Crippen molar-refractivity contribution >= 4 is 27.5 Å². The smallest absolute Gasteiger partial charge is 0.277 e.